The predicted molar refractivity (Wildman–Crippen MR) is 72.6 cm³/mol. The molecule has 92 valence electrons. The van der Waals surface area contributed by atoms with Gasteiger partial charge in [-0.05, 0) is 46.3 Å². The van der Waals surface area contributed by atoms with E-state index in [1.165, 1.54) is 18.1 Å². The van der Waals surface area contributed by atoms with Gasteiger partial charge >= 0.3 is 0 Å². The van der Waals surface area contributed by atoms with Crippen molar-refractivity contribution in [2.45, 2.75) is 38.9 Å². The Morgan fingerprint density at radius 1 is 0.867 bits per heavy atom. The molecule has 0 aliphatic carbocycles. The fraction of sp³-hybridized carbons (Fsp3) is 1.00. The molecule has 0 atom stereocenters. The minimum Gasteiger partial charge on any atom is -0.372 e. The molecular weight excluding hydrogens is 223 g/mol. The lowest BCUT2D eigenvalue weighted by atomic mass is 10.9. The Bertz CT molecular complexity index is 159. The van der Waals surface area contributed by atoms with Crippen molar-refractivity contribution in [1.82, 2.24) is 9.34 Å². The van der Waals surface area contributed by atoms with Crippen molar-refractivity contribution in [1.29, 1.82) is 0 Å². The number of hydrogen-bond acceptors (Lipinski definition) is 3. The van der Waals surface area contributed by atoms with E-state index < -0.39 is 16.8 Å². The van der Waals surface area contributed by atoms with Crippen LogP contribution in [0.15, 0.2) is 0 Å². The van der Waals surface area contributed by atoms with E-state index in [1.54, 1.807) is 0 Å². The number of rotatable bonds is 7. The molecule has 0 aliphatic heterocycles. The van der Waals surface area contributed by atoms with Crippen LogP contribution in [-0.4, -0.2) is 45.8 Å². The summed E-state index contributed by atoms with van der Waals surface area (Å²) < 4.78 is 10.9. The minimum absolute atomic E-state index is 0.556. The molecule has 0 radical (unpaired) electrons. The molecule has 3 nitrogen and oxygen atoms in total. The summed E-state index contributed by atoms with van der Waals surface area (Å²) in [6, 6.07) is 3.67. The van der Waals surface area contributed by atoms with Crippen molar-refractivity contribution in [3.63, 3.8) is 0 Å². The summed E-state index contributed by atoms with van der Waals surface area (Å²) >= 11 is 0. The van der Waals surface area contributed by atoms with Crippen LogP contribution in [-0.2, 0) is 4.21 Å². The highest BCUT2D eigenvalue weighted by Crippen LogP contribution is 2.46. The Kier molecular flexibility index (Phi) is 7.22. The van der Waals surface area contributed by atoms with E-state index in [4.69, 9.17) is 4.21 Å². The molecule has 0 saturated carbocycles. The first-order valence-corrected chi connectivity index (χ1v) is 9.45. The second-order valence-corrected chi connectivity index (χ2v) is 11.6. The van der Waals surface area contributed by atoms with Crippen molar-refractivity contribution in [2.75, 3.05) is 28.2 Å². The third-order valence-corrected chi connectivity index (χ3v) is 10.3. The van der Waals surface area contributed by atoms with Gasteiger partial charge in [-0.2, -0.15) is 0 Å². The zero-order chi connectivity index (χ0) is 12.1. The Hall–Kier alpha value is 0.527. The maximum Gasteiger partial charge on any atom is 0.200 e. The van der Waals surface area contributed by atoms with E-state index in [0.29, 0.717) is 0 Å². The molecule has 0 spiro atoms. The van der Waals surface area contributed by atoms with Crippen molar-refractivity contribution in [3.8, 4) is 0 Å². The Balaban J connectivity index is 4.61. The summed E-state index contributed by atoms with van der Waals surface area (Å²) in [4.78, 5) is 0. The molecule has 0 aromatic carbocycles. The van der Waals surface area contributed by atoms with Crippen molar-refractivity contribution in [3.05, 3.63) is 0 Å². The molecule has 0 fully saturated rings. The third-order valence-electron chi connectivity index (χ3n) is 2.89. The largest absolute Gasteiger partial charge is 0.372 e. The Morgan fingerprint density at radius 2 is 1.20 bits per heavy atom. The summed E-state index contributed by atoms with van der Waals surface area (Å²) in [5.74, 6) is 0. The predicted octanol–water partition coefficient (Wildman–Crippen LogP) is 3.36. The van der Waals surface area contributed by atoms with Crippen molar-refractivity contribution in [2.24, 2.45) is 0 Å². The van der Waals surface area contributed by atoms with Crippen LogP contribution >= 0.6 is 8.45 Å². The van der Waals surface area contributed by atoms with Gasteiger partial charge in [0, 0.05) is 0 Å². The Labute approximate surface area is 97.9 Å². The molecule has 0 amide bonds. The van der Waals surface area contributed by atoms with E-state index in [2.05, 4.69) is 58.3 Å². The van der Waals surface area contributed by atoms with Crippen LogP contribution in [0.25, 0.3) is 0 Å². The molecular formula is C10H27N2OPSi. The van der Waals surface area contributed by atoms with Gasteiger partial charge in [0.2, 0.25) is 0 Å². The fourth-order valence-corrected chi connectivity index (χ4v) is 8.09. The fourth-order valence-electron chi connectivity index (χ4n) is 1.64. The molecule has 0 heterocycles. The van der Waals surface area contributed by atoms with E-state index in [1.807, 2.05) is 0 Å². The first kappa shape index (κ1) is 15.5. The molecule has 0 aliphatic rings. The molecule has 0 N–H and O–H groups in total. The lowest BCUT2D eigenvalue weighted by molar-refractivity contribution is 0.442. The number of nitrogens with zero attached hydrogens (tertiary/aromatic N) is 2. The van der Waals surface area contributed by atoms with Gasteiger partial charge in [0.05, 0.1) is 0 Å². The standard InChI is InChI=1S/C10H27N2OPSi/c1-8-15(9-2,10-3)13-14(11(4)5)12(6)7/h8-10H2,1-7H3. The van der Waals surface area contributed by atoms with Gasteiger partial charge in [0.15, 0.2) is 16.8 Å². The molecule has 15 heavy (non-hydrogen) atoms. The lowest BCUT2D eigenvalue weighted by Gasteiger charge is -2.38. The molecule has 0 aromatic rings. The van der Waals surface area contributed by atoms with Crippen LogP contribution in [0.3, 0.4) is 0 Å². The normalized spacial score (nSPS) is 13.2. The summed E-state index contributed by atoms with van der Waals surface area (Å²) in [5.41, 5.74) is 0. The van der Waals surface area contributed by atoms with Gasteiger partial charge in [-0.25, -0.2) is 0 Å². The summed E-state index contributed by atoms with van der Waals surface area (Å²) in [6.07, 6.45) is 0. The van der Waals surface area contributed by atoms with Gasteiger partial charge in [0.1, 0.15) is 0 Å². The molecule has 5 heteroatoms. The molecule has 0 saturated heterocycles. The molecule has 0 aromatic heterocycles. The zero-order valence-electron chi connectivity index (χ0n) is 11.4. The van der Waals surface area contributed by atoms with Crippen LogP contribution in [0.4, 0.5) is 0 Å². The highest BCUT2D eigenvalue weighted by molar-refractivity contribution is 7.49. The van der Waals surface area contributed by atoms with Gasteiger partial charge < -0.3 is 4.21 Å². The van der Waals surface area contributed by atoms with Gasteiger partial charge in [-0.3, -0.25) is 9.34 Å². The van der Waals surface area contributed by atoms with Crippen LogP contribution in [0.5, 0.6) is 0 Å². The summed E-state index contributed by atoms with van der Waals surface area (Å²) in [6.45, 7) is 6.83. The molecule has 0 rings (SSSR count). The highest BCUT2D eigenvalue weighted by Gasteiger charge is 2.34. The van der Waals surface area contributed by atoms with E-state index >= 15 is 0 Å². The smallest absolute Gasteiger partial charge is 0.200 e. The van der Waals surface area contributed by atoms with Crippen LogP contribution < -0.4 is 0 Å². The second kappa shape index (κ2) is 6.97. The quantitative estimate of drug-likeness (QED) is 0.509. The minimum atomic E-state index is -1.46. The topological polar surface area (TPSA) is 15.7 Å². The summed E-state index contributed by atoms with van der Waals surface area (Å²) in [7, 11) is 6.40. The van der Waals surface area contributed by atoms with Crippen molar-refractivity contribution >= 4 is 16.8 Å². The Morgan fingerprint density at radius 3 is 1.40 bits per heavy atom. The second-order valence-electron chi connectivity index (χ2n) is 4.28. The SMILES string of the molecule is CC[Si](CC)(CC)OP(N(C)C)N(C)C. The lowest BCUT2D eigenvalue weighted by Crippen LogP contribution is -2.37. The highest BCUT2D eigenvalue weighted by atomic mass is 31.2. The van der Waals surface area contributed by atoms with Gasteiger partial charge in [-0.1, -0.05) is 20.8 Å². The van der Waals surface area contributed by atoms with Gasteiger partial charge in [-0.15, -0.1) is 0 Å². The van der Waals surface area contributed by atoms with E-state index in [9.17, 15) is 0 Å². The van der Waals surface area contributed by atoms with Crippen LogP contribution in [0, 0.1) is 0 Å². The summed E-state index contributed by atoms with van der Waals surface area (Å²) in [5, 5.41) is 0. The van der Waals surface area contributed by atoms with E-state index in [-0.39, 0.29) is 0 Å². The molecule has 0 bridgehead atoms. The molecule has 0 unspecified atom stereocenters. The van der Waals surface area contributed by atoms with Crippen LogP contribution in [0.2, 0.25) is 18.1 Å². The van der Waals surface area contributed by atoms with Crippen molar-refractivity contribution < 1.29 is 4.21 Å². The average Bonchev–Trinajstić information content (AvgIpc) is 2.20. The zero-order valence-corrected chi connectivity index (χ0v) is 13.3. The average molecular weight is 250 g/mol. The number of hydrogen-bond donors (Lipinski definition) is 0. The maximum absolute atomic E-state index is 6.46. The third kappa shape index (κ3) is 4.49. The first-order chi connectivity index (χ1) is 6.92. The van der Waals surface area contributed by atoms with Crippen LogP contribution in [0.1, 0.15) is 20.8 Å². The first-order valence-electron chi connectivity index (χ1n) is 5.76. The monoisotopic (exact) mass is 250 g/mol. The van der Waals surface area contributed by atoms with Gasteiger partial charge in [0.25, 0.3) is 0 Å². The maximum atomic E-state index is 6.46. The van der Waals surface area contributed by atoms with E-state index in [0.717, 1.165) is 0 Å².